The maximum atomic E-state index is 10.1. The fourth-order valence-corrected chi connectivity index (χ4v) is 1.59. The Kier molecular flexibility index (Phi) is 3.48. The van der Waals surface area contributed by atoms with Crippen molar-refractivity contribution in [2.75, 3.05) is 0 Å². The van der Waals surface area contributed by atoms with Crippen molar-refractivity contribution in [3.63, 3.8) is 0 Å². The number of benzene rings is 1. The van der Waals surface area contributed by atoms with E-state index in [2.05, 4.69) is 13.5 Å². The van der Waals surface area contributed by atoms with Crippen molar-refractivity contribution in [1.82, 2.24) is 0 Å². The lowest BCUT2D eigenvalue weighted by molar-refractivity contribution is 0.112. The van der Waals surface area contributed by atoms with E-state index in [0.29, 0.717) is 0 Å². The molecule has 0 heterocycles. The van der Waals surface area contributed by atoms with Crippen LogP contribution in [0.1, 0.15) is 32.3 Å². The first-order valence-corrected chi connectivity index (χ1v) is 5.05. The van der Waals surface area contributed by atoms with Gasteiger partial charge in [0.2, 0.25) is 0 Å². The van der Waals surface area contributed by atoms with E-state index in [1.807, 2.05) is 37.3 Å². The monoisotopic (exact) mass is 190 g/mol. The van der Waals surface area contributed by atoms with Crippen molar-refractivity contribution in [1.29, 1.82) is 0 Å². The molecule has 1 aromatic carbocycles. The molecule has 1 heteroatoms. The van der Waals surface area contributed by atoms with E-state index < -0.39 is 5.60 Å². The molecule has 1 unspecified atom stereocenters. The molecule has 14 heavy (non-hydrogen) atoms. The van der Waals surface area contributed by atoms with Gasteiger partial charge in [0.1, 0.15) is 0 Å². The summed E-state index contributed by atoms with van der Waals surface area (Å²) in [6.07, 6.45) is 1.71. The molecular formula is C13H18O. The van der Waals surface area contributed by atoms with Gasteiger partial charge in [-0.25, -0.2) is 0 Å². The highest BCUT2D eigenvalue weighted by molar-refractivity contribution is 5.69. The quantitative estimate of drug-likeness (QED) is 0.772. The third kappa shape index (κ3) is 2.46. The van der Waals surface area contributed by atoms with Gasteiger partial charge in [0.25, 0.3) is 0 Å². The second-order valence-corrected chi connectivity index (χ2v) is 3.87. The molecule has 76 valence electrons. The minimum Gasteiger partial charge on any atom is -0.385 e. The van der Waals surface area contributed by atoms with Gasteiger partial charge in [-0.1, -0.05) is 50.3 Å². The SMILES string of the molecule is C=C(c1ccccc1)C(C)(O)CCC. The maximum absolute atomic E-state index is 10.1. The van der Waals surface area contributed by atoms with Gasteiger partial charge in [-0.05, 0) is 24.5 Å². The summed E-state index contributed by atoms with van der Waals surface area (Å²) in [5.41, 5.74) is 1.04. The molecule has 0 aliphatic carbocycles. The summed E-state index contributed by atoms with van der Waals surface area (Å²) < 4.78 is 0. The van der Waals surface area contributed by atoms with Crippen LogP contribution in [0, 0.1) is 0 Å². The van der Waals surface area contributed by atoms with Gasteiger partial charge in [0.05, 0.1) is 5.60 Å². The Balaban J connectivity index is 2.85. The van der Waals surface area contributed by atoms with E-state index in [4.69, 9.17) is 0 Å². The molecule has 0 radical (unpaired) electrons. The van der Waals surface area contributed by atoms with Crippen LogP contribution in [0.15, 0.2) is 36.9 Å². The van der Waals surface area contributed by atoms with Gasteiger partial charge in [0, 0.05) is 0 Å². The van der Waals surface area contributed by atoms with Gasteiger partial charge in [-0.2, -0.15) is 0 Å². The molecule has 1 N–H and O–H groups in total. The first-order chi connectivity index (χ1) is 6.58. The van der Waals surface area contributed by atoms with Crippen LogP contribution in [0.5, 0.6) is 0 Å². The number of rotatable bonds is 4. The fourth-order valence-electron chi connectivity index (χ4n) is 1.59. The minimum absolute atomic E-state index is 0.751. The molecule has 0 spiro atoms. The molecule has 1 rings (SSSR count). The smallest absolute Gasteiger partial charge is 0.0868 e. The number of hydrogen-bond acceptors (Lipinski definition) is 1. The highest BCUT2D eigenvalue weighted by Gasteiger charge is 2.23. The average molecular weight is 190 g/mol. The lowest BCUT2D eigenvalue weighted by Crippen LogP contribution is -2.24. The van der Waals surface area contributed by atoms with E-state index in [-0.39, 0.29) is 0 Å². The van der Waals surface area contributed by atoms with Gasteiger partial charge in [0.15, 0.2) is 0 Å². The molecule has 0 aromatic heterocycles. The maximum Gasteiger partial charge on any atom is 0.0868 e. The molecule has 0 bridgehead atoms. The average Bonchev–Trinajstić information content (AvgIpc) is 2.18. The molecular weight excluding hydrogens is 172 g/mol. The number of hydrogen-bond donors (Lipinski definition) is 1. The second-order valence-electron chi connectivity index (χ2n) is 3.87. The van der Waals surface area contributed by atoms with E-state index in [9.17, 15) is 5.11 Å². The van der Waals surface area contributed by atoms with Crippen molar-refractivity contribution in [2.45, 2.75) is 32.3 Å². The summed E-state index contributed by atoms with van der Waals surface area (Å²) in [6, 6.07) is 9.84. The van der Waals surface area contributed by atoms with Crippen LogP contribution in [0.2, 0.25) is 0 Å². The summed E-state index contributed by atoms with van der Waals surface area (Å²) in [5.74, 6) is 0. The van der Waals surface area contributed by atoms with Crippen molar-refractivity contribution >= 4 is 5.57 Å². The summed E-state index contributed by atoms with van der Waals surface area (Å²) in [5, 5.41) is 10.1. The Bertz CT molecular complexity index is 298. The molecule has 0 amide bonds. The molecule has 0 fully saturated rings. The van der Waals surface area contributed by atoms with Gasteiger partial charge in [-0.15, -0.1) is 0 Å². The first kappa shape index (κ1) is 11.0. The standard InChI is InChI=1S/C13H18O/c1-4-10-13(3,14)11(2)12-8-6-5-7-9-12/h5-9,14H,2,4,10H2,1,3H3. The zero-order valence-corrected chi connectivity index (χ0v) is 8.96. The topological polar surface area (TPSA) is 20.2 Å². The van der Waals surface area contributed by atoms with Crippen LogP contribution in [0.4, 0.5) is 0 Å². The van der Waals surface area contributed by atoms with Crippen LogP contribution < -0.4 is 0 Å². The lowest BCUT2D eigenvalue weighted by atomic mass is 9.87. The largest absolute Gasteiger partial charge is 0.385 e. The Morgan fingerprint density at radius 1 is 1.36 bits per heavy atom. The zero-order chi connectivity index (χ0) is 10.6. The summed E-state index contributed by atoms with van der Waals surface area (Å²) >= 11 is 0. The van der Waals surface area contributed by atoms with Gasteiger partial charge < -0.3 is 5.11 Å². The third-order valence-corrected chi connectivity index (χ3v) is 2.51. The highest BCUT2D eigenvalue weighted by atomic mass is 16.3. The van der Waals surface area contributed by atoms with Gasteiger partial charge in [-0.3, -0.25) is 0 Å². The van der Waals surface area contributed by atoms with Crippen LogP contribution in [-0.4, -0.2) is 10.7 Å². The summed E-state index contributed by atoms with van der Waals surface area (Å²) in [7, 11) is 0. The predicted octanol–water partition coefficient (Wildman–Crippen LogP) is 3.25. The van der Waals surface area contributed by atoms with Gasteiger partial charge >= 0.3 is 0 Å². The highest BCUT2D eigenvalue weighted by Crippen LogP contribution is 2.28. The summed E-state index contributed by atoms with van der Waals surface area (Å²) in [6.45, 7) is 7.85. The number of aliphatic hydroxyl groups is 1. The Morgan fingerprint density at radius 2 is 1.93 bits per heavy atom. The first-order valence-electron chi connectivity index (χ1n) is 5.05. The summed E-state index contributed by atoms with van der Waals surface area (Å²) in [4.78, 5) is 0. The molecule has 0 aliphatic heterocycles. The van der Waals surface area contributed by atoms with Crippen LogP contribution in [0.25, 0.3) is 5.57 Å². The minimum atomic E-state index is -0.782. The van der Waals surface area contributed by atoms with E-state index in [1.54, 1.807) is 0 Å². The van der Waals surface area contributed by atoms with E-state index >= 15 is 0 Å². The Hall–Kier alpha value is -1.08. The molecule has 1 nitrogen and oxygen atoms in total. The Labute approximate surface area is 86.1 Å². The van der Waals surface area contributed by atoms with Crippen molar-refractivity contribution in [3.8, 4) is 0 Å². The van der Waals surface area contributed by atoms with Crippen molar-refractivity contribution < 1.29 is 5.11 Å². The van der Waals surface area contributed by atoms with Crippen molar-refractivity contribution in [3.05, 3.63) is 42.5 Å². The Morgan fingerprint density at radius 3 is 2.43 bits per heavy atom. The van der Waals surface area contributed by atoms with Crippen LogP contribution >= 0.6 is 0 Å². The molecule has 1 atom stereocenters. The normalized spacial score (nSPS) is 14.8. The van der Waals surface area contributed by atoms with Crippen LogP contribution in [-0.2, 0) is 0 Å². The van der Waals surface area contributed by atoms with E-state index in [0.717, 1.165) is 24.0 Å². The van der Waals surface area contributed by atoms with Crippen molar-refractivity contribution in [2.24, 2.45) is 0 Å². The van der Waals surface area contributed by atoms with Crippen LogP contribution in [0.3, 0.4) is 0 Å². The second kappa shape index (κ2) is 4.43. The predicted molar refractivity (Wildman–Crippen MR) is 61.0 cm³/mol. The molecule has 0 saturated heterocycles. The molecule has 0 saturated carbocycles. The molecule has 0 aliphatic rings. The van der Waals surface area contributed by atoms with E-state index in [1.165, 1.54) is 0 Å². The zero-order valence-electron chi connectivity index (χ0n) is 8.96. The fraction of sp³-hybridized carbons (Fsp3) is 0.385. The third-order valence-electron chi connectivity index (χ3n) is 2.51. The lowest BCUT2D eigenvalue weighted by Gasteiger charge is -2.25. The molecule has 1 aromatic rings.